The van der Waals surface area contributed by atoms with E-state index < -0.39 is 0 Å². The standard InChI is InChI=1S/C8H16N2.2C2H6/c1-7(9-2)10-8-5-3-4-6-8;2*1-2/h8-10H,1,3-6H2,2H3;2*1-2H3. The van der Waals surface area contributed by atoms with Gasteiger partial charge < -0.3 is 10.6 Å². The van der Waals surface area contributed by atoms with Crippen molar-refractivity contribution >= 4 is 0 Å². The lowest BCUT2D eigenvalue weighted by molar-refractivity contribution is 0.564. The molecule has 2 nitrogen and oxygen atoms in total. The van der Waals surface area contributed by atoms with Gasteiger partial charge in [-0.3, -0.25) is 0 Å². The van der Waals surface area contributed by atoms with Crippen molar-refractivity contribution < 1.29 is 0 Å². The highest BCUT2D eigenvalue weighted by molar-refractivity contribution is 4.91. The quantitative estimate of drug-likeness (QED) is 0.730. The van der Waals surface area contributed by atoms with E-state index in [0.717, 1.165) is 5.82 Å². The van der Waals surface area contributed by atoms with Crippen LogP contribution in [0.2, 0.25) is 0 Å². The highest BCUT2D eigenvalue weighted by atomic mass is 15.1. The van der Waals surface area contributed by atoms with Crippen molar-refractivity contribution in [2.75, 3.05) is 7.05 Å². The molecule has 14 heavy (non-hydrogen) atoms. The first-order valence-electron chi connectivity index (χ1n) is 5.96. The van der Waals surface area contributed by atoms with Crippen LogP contribution in [0.3, 0.4) is 0 Å². The van der Waals surface area contributed by atoms with E-state index in [1.165, 1.54) is 25.7 Å². The van der Waals surface area contributed by atoms with Crippen LogP contribution in [0.15, 0.2) is 12.4 Å². The second-order valence-electron chi connectivity index (χ2n) is 2.85. The third-order valence-corrected chi connectivity index (χ3v) is 2.04. The summed E-state index contributed by atoms with van der Waals surface area (Å²) in [4.78, 5) is 0. The molecule has 0 spiro atoms. The van der Waals surface area contributed by atoms with Gasteiger partial charge in [-0.2, -0.15) is 0 Å². The Morgan fingerprint density at radius 2 is 1.50 bits per heavy atom. The van der Waals surface area contributed by atoms with Crippen molar-refractivity contribution in [3.8, 4) is 0 Å². The molecule has 0 heterocycles. The summed E-state index contributed by atoms with van der Waals surface area (Å²) in [6.07, 6.45) is 5.35. The fourth-order valence-electron chi connectivity index (χ4n) is 1.39. The van der Waals surface area contributed by atoms with Crippen molar-refractivity contribution in [3.05, 3.63) is 12.4 Å². The summed E-state index contributed by atoms with van der Waals surface area (Å²) in [6, 6.07) is 0.681. The topological polar surface area (TPSA) is 24.1 Å². The second kappa shape index (κ2) is 12.3. The number of hydrogen-bond donors (Lipinski definition) is 2. The van der Waals surface area contributed by atoms with Gasteiger partial charge in [-0.25, -0.2) is 0 Å². The van der Waals surface area contributed by atoms with Crippen LogP contribution in [0.25, 0.3) is 0 Å². The summed E-state index contributed by atoms with van der Waals surface area (Å²) in [5.41, 5.74) is 0. The lowest BCUT2D eigenvalue weighted by atomic mass is 10.2. The zero-order chi connectivity index (χ0) is 11.4. The van der Waals surface area contributed by atoms with E-state index in [1.54, 1.807) is 0 Å². The van der Waals surface area contributed by atoms with E-state index in [9.17, 15) is 0 Å². The molecule has 0 radical (unpaired) electrons. The lowest BCUT2D eigenvalue weighted by Crippen LogP contribution is -2.30. The maximum atomic E-state index is 3.81. The van der Waals surface area contributed by atoms with Crippen molar-refractivity contribution in [3.63, 3.8) is 0 Å². The maximum absolute atomic E-state index is 3.81. The SMILES string of the molecule is C=C(NC)NC1CCCC1.CC.CC. The van der Waals surface area contributed by atoms with Crippen LogP contribution in [0.5, 0.6) is 0 Å². The molecular formula is C12H28N2. The monoisotopic (exact) mass is 200 g/mol. The lowest BCUT2D eigenvalue weighted by Gasteiger charge is -2.14. The minimum absolute atomic E-state index is 0.681. The molecular weight excluding hydrogens is 172 g/mol. The van der Waals surface area contributed by atoms with Gasteiger partial charge in [0.05, 0.1) is 5.82 Å². The molecule has 0 aromatic carbocycles. The van der Waals surface area contributed by atoms with Crippen LogP contribution in [0.1, 0.15) is 53.4 Å². The first-order chi connectivity index (χ1) is 6.83. The minimum Gasteiger partial charge on any atom is -0.375 e. The number of hydrogen-bond acceptors (Lipinski definition) is 2. The Bertz CT molecular complexity index is 115. The molecule has 0 amide bonds. The van der Waals surface area contributed by atoms with Crippen LogP contribution < -0.4 is 10.6 Å². The van der Waals surface area contributed by atoms with Crippen molar-refractivity contribution in [2.45, 2.75) is 59.4 Å². The van der Waals surface area contributed by atoms with Gasteiger partial charge in [0.1, 0.15) is 0 Å². The Balaban J connectivity index is 0. The normalized spacial score (nSPS) is 14.4. The highest BCUT2D eigenvalue weighted by Crippen LogP contribution is 2.17. The van der Waals surface area contributed by atoms with Gasteiger partial charge in [0.25, 0.3) is 0 Å². The molecule has 86 valence electrons. The van der Waals surface area contributed by atoms with Crippen LogP contribution >= 0.6 is 0 Å². The zero-order valence-corrected chi connectivity index (χ0v) is 10.6. The molecule has 2 N–H and O–H groups in total. The van der Waals surface area contributed by atoms with Crippen LogP contribution in [-0.2, 0) is 0 Å². The Kier molecular flexibility index (Phi) is 13.9. The molecule has 0 saturated heterocycles. The van der Waals surface area contributed by atoms with E-state index in [0.29, 0.717) is 6.04 Å². The molecule has 0 bridgehead atoms. The molecule has 1 rings (SSSR count). The molecule has 0 aromatic rings. The van der Waals surface area contributed by atoms with Gasteiger partial charge in [-0.1, -0.05) is 47.1 Å². The Hall–Kier alpha value is -0.660. The fourth-order valence-corrected chi connectivity index (χ4v) is 1.39. The number of nitrogens with one attached hydrogen (secondary N) is 2. The smallest absolute Gasteiger partial charge is 0.0911 e. The molecule has 1 aliphatic rings. The first-order valence-corrected chi connectivity index (χ1v) is 5.96. The predicted octanol–water partition coefficient (Wildman–Crippen LogP) is 3.26. The highest BCUT2D eigenvalue weighted by Gasteiger charge is 2.13. The summed E-state index contributed by atoms with van der Waals surface area (Å²) < 4.78 is 0. The van der Waals surface area contributed by atoms with Crippen LogP contribution in [0, 0.1) is 0 Å². The summed E-state index contributed by atoms with van der Waals surface area (Å²) >= 11 is 0. The summed E-state index contributed by atoms with van der Waals surface area (Å²) in [5.74, 6) is 0.951. The molecule has 1 fully saturated rings. The molecule has 2 heteroatoms. The van der Waals surface area contributed by atoms with Crippen molar-refractivity contribution in [2.24, 2.45) is 0 Å². The summed E-state index contributed by atoms with van der Waals surface area (Å²) in [6.45, 7) is 11.8. The van der Waals surface area contributed by atoms with E-state index in [4.69, 9.17) is 0 Å². The van der Waals surface area contributed by atoms with E-state index in [-0.39, 0.29) is 0 Å². The van der Waals surface area contributed by atoms with Crippen molar-refractivity contribution in [1.29, 1.82) is 0 Å². The Morgan fingerprint density at radius 3 is 1.86 bits per heavy atom. The average Bonchev–Trinajstić information content (AvgIpc) is 2.76. The average molecular weight is 200 g/mol. The second-order valence-corrected chi connectivity index (χ2v) is 2.85. The third-order valence-electron chi connectivity index (χ3n) is 2.04. The van der Waals surface area contributed by atoms with Gasteiger partial charge in [0, 0.05) is 13.1 Å². The van der Waals surface area contributed by atoms with Gasteiger partial charge in [-0.05, 0) is 12.8 Å². The number of rotatable bonds is 3. The molecule has 1 saturated carbocycles. The van der Waals surface area contributed by atoms with E-state index in [2.05, 4.69) is 17.2 Å². The maximum Gasteiger partial charge on any atom is 0.0911 e. The minimum atomic E-state index is 0.681. The van der Waals surface area contributed by atoms with Gasteiger partial charge in [-0.15, -0.1) is 0 Å². The third kappa shape index (κ3) is 7.96. The summed E-state index contributed by atoms with van der Waals surface area (Å²) in [7, 11) is 1.89. The summed E-state index contributed by atoms with van der Waals surface area (Å²) in [5, 5.41) is 6.31. The van der Waals surface area contributed by atoms with Gasteiger partial charge in [0.2, 0.25) is 0 Å². The Labute approximate surface area is 90.2 Å². The molecule has 0 unspecified atom stereocenters. The molecule has 0 atom stereocenters. The zero-order valence-electron chi connectivity index (χ0n) is 10.6. The Morgan fingerprint density at radius 1 is 1.07 bits per heavy atom. The van der Waals surface area contributed by atoms with Gasteiger partial charge >= 0.3 is 0 Å². The van der Waals surface area contributed by atoms with E-state index >= 15 is 0 Å². The largest absolute Gasteiger partial charge is 0.375 e. The predicted molar refractivity (Wildman–Crippen MR) is 66.3 cm³/mol. The van der Waals surface area contributed by atoms with Crippen molar-refractivity contribution in [1.82, 2.24) is 10.6 Å². The van der Waals surface area contributed by atoms with Gasteiger partial charge in [0.15, 0.2) is 0 Å². The molecule has 0 aliphatic heterocycles. The van der Waals surface area contributed by atoms with Crippen LogP contribution in [0.4, 0.5) is 0 Å². The van der Waals surface area contributed by atoms with Crippen LogP contribution in [-0.4, -0.2) is 13.1 Å². The molecule has 1 aliphatic carbocycles. The fraction of sp³-hybridized carbons (Fsp3) is 0.833. The van der Waals surface area contributed by atoms with E-state index in [1.807, 2.05) is 34.7 Å². The molecule has 0 aromatic heterocycles. The first kappa shape index (κ1) is 15.8.